The summed E-state index contributed by atoms with van der Waals surface area (Å²) in [5.41, 5.74) is 1.02. The Hall–Kier alpha value is -1.89. The zero-order valence-corrected chi connectivity index (χ0v) is 12.1. The lowest BCUT2D eigenvalue weighted by Crippen LogP contribution is -2.54. The molecule has 2 heterocycles. The number of rotatable bonds is 4. The van der Waals surface area contributed by atoms with Crippen LogP contribution >= 0.6 is 0 Å². The highest BCUT2D eigenvalue weighted by Gasteiger charge is 2.31. The minimum Gasteiger partial charge on any atom is -0.377 e. The summed E-state index contributed by atoms with van der Waals surface area (Å²) in [7, 11) is 3.47. The number of ether oxygens (including phenoxy) is 1. The largest absolute Gasteiger partial charge is 0.377 e. The van der Waals surface area contributed by atoms with E-state index in [-0.39, 0.29) is 11.9 Å². The van der Waals surface area contributed by atoms with Gasteiger partial charge in [-0.25, -0.2) is 9.97 Å². The summed E-state index contributed by atoms with van der Waals surface area (Å²) in [6, 6.07) is -0.348. The Morgan fingerprint density at radius 3 is 2.95 bits per heavy atom. The van der Waals surface area contributed by atoms with Crippen molar-refractivity contribution in [2.75, 3.05) is 44.1 Å². The van der Waals surface area contributed by atoms with Crippen LogP contribution in [0.4, 0.5) is 11.6 Å². The minimum atomic E-state index is -0.348. The number of amides is 1. The van der Waals surface area contributed by atoms with Gasteiger partial charge in [0.15, 0.2) is 0 Å². The Morgan fingerprint density at radius 2 is 2.30 bits per heavy atom. The van der Waals surface area contributed by atoms with Gasteiger partial charge in [0.25, 0.3) is 0 Å². The lowest BCUT2D eigenvalue weighted by molar-refractivity contribution is -0.124. The third-order valence-electron chi connectivity index (χ3n) is 3.46. The average molecular weight is 279 g/mol. The van der Waals surface area contributed by atoms with Gasteiger partial charge in [0, 0.05) is 26.2 Å². The maximum atomic E-state index is 12.0. The molecule has 0 aromatic carbocycles. The molecule has 20 heavy (non-hydrogen) atoms. The molecular weight excluding hydrogens is 258 g/mol. The normalized spacial score (nSPS) is 18.8. The van der Waals surface area contributed by atoms with Gasteiger partial charge in [0.05, 0.1) is 13.2 Å². The maximum Gasteiger partial charge on any atom is 0.244 e. The summed E-state index contributed by atoms with van der Waals surface area (Å²) in [6.45, 7) is 3.67. The van der Waals surface area contributed by atoms with Crippen LogP contribution in [-0.4, -0.2) is 55.8 Å². The molecule has 110 valence electrons. The van der Waals surface area contributed by atoms with Crippen molar-refractivity contribution in [2.24, 2.45) is 0 Å². The maximum absolute atomic E-state index is 12.0. The van der Waals surface area contributed by atoms with Gasteiger partial charge in [0.1, 0.15) is 24.0 Å². The van der Waals surface area contributed by atoms with E-state index in [0.29, 0.717) is 19.8 Å². The van der Waals surface area contributed by atoms with Crippen LogP contribution in [0.5, 0.6) is 0 Å². The predicted octanol–water partition coefficient (Wildman–Crippen LogP) is 0.0319. The summed E-state index contributed by atoms with van der Waals surface area (Å²) < 4.78 is 5.43. The monoisotopic (exact) mass is 279 g/mol. The molecule has 7 nitrogen and oxygen atoms in total. The number of anilines is 2. The summed E-state index contributed by atoms with van der Waals surface area (Å²) in [5.74, 6) is 1.56. The van der Waals surface area contributed by atoms with Crippen molar-refractivity contribution in [1.29, 1.82) is 0 Å². The van der Waals surface area contributed by atoms with Crippen LogP contribution in [0, 0.1) is 0 Å². The Morgan fingerprint density at radius 1 is 1.50 bits per heavy atom. The fourth-order valence-corrected chi connectivity index (χ4v) is 2.43. The zero-order valence-electron chi connectivity index (χ0n) is 12.1. The molecule has 1 aliphatic heterocycles. The van der Waals surface area contributed by atoms with Crippen molar-refractivity contribution < 1.29 is 9.53 Å². The number of carbonyl (C=O) groups excluding carboxylic acids is 1. The summed E-state index contributed by atoms with van der Waals surface area (Å²) >= 11 is 0. The Bertz CT molecular complexity index is 480. The first kappa shape index (κ1) is 14.5. The Kier molecular flexibility index (Phi) is 4.73. The highest BCUT2D eigenvalue weighted by molar-refractivity contribution is 5.85. The second-order valence-electron chi connectivity index (χ2n) is 4.53. The number of likely N-dealkylation sites (N-methyl/N-ethyl adjacent to an activating group) is 1. The predicted molar refractivity (Wildman–Crippen MR) is 77.0 cm³/mol. The van der Waals surface area contributed by atoms with Crippen molar-refractivity contribution in [2.45, 2.75) is 19.4 Å². The van der Waals surface area contributed by atoms with Crippen LogP contribution < -0.4 is 15.5 Å². The van der Waals surface area contributed by atoms with Crippen molar-refractivity contribution in [3.05, 3.63) is 11.9 Å². The smallest absolute Gasteiger partial charge is 0.244 e. The quantitative estimate of drug-likeness (QED) is 0.809. The van der Waals surface area contributed by atoms with Crippen LogP contribution in [-0.2, 0) is 16.0 Å². The van der Waals surface area contributed by atoms with E-state index in [2.05, 4.69) is 27.5 Å². The molecule has 0 bridgehead atoms. The molecule has 0 saturated carbocycles. The first-order valence-corrected chi connectivity index (χ1v) is 6.80. The Balaban J connectivity index is 2.39. The first-order valence-electron chi connectivity index (χ1n) is 6.80. The second kappa shape index (κ2) is 6.51. The standard InChI is InChI=1S/C13H21N5O2/c1-4-9-11(14-2)16-8-17-12(9)18-5-6-20-7-10(18)13(19)15-3/h8,10H,4-7H2,1-3H3,(H,15,19)(H,14,16,17). The number of carbonyl (C=O) groups is 1. The lowest BCUT2D eigenvalue weighted by Gasteiger charge is -2.36. The van der Waals surface area contributed by atoms with Gasteiger partial charge in [0.2, 0.25) is 5.91 Å². The number of morpholine rings is 1. The molecule has 1 fully saturated rings. The number of aromatic nitrogens is 2. The summed E-state index contributed by atoms with van der Waals surface area (Å²) in [5, 5.41) is 5.76. The number of nitrogens with one attached hydrogen (secondary N) is 2. The van der Waals surface area contributed by atoms with Crippen LogP contribution in [0.15, 0.2) is 6.33 Å². The molecular formula is C13H21N5O2. The molecule has 0 radical (unpaired) electrons. The Labute approximate surface area is 118 Å². The van der Waals surface area contributed by atoms with Gasteiger partial charge >= 0.3 is 0 Å². The van der Waals surface area contributed by atoms with E-state index >= 15 is 0 Å². The fraction of sp³-hybridized carbons (Fsp3) is 0.615. The second-order valence-corrected chi connectivity index (χ2v) is 4.53. The van der Waals surface area contributed by atoms with E-state index in [0.717, 1.165) is 23.6 Å². The molecule has 7 heteroatoms. The van der Waals surface area contributed by atoms with E-state index in [9.17, 15) is 4.79 Å². The van der Waals surface area contributed by atoms with Crippen LogP contribution in [0.2, 0.25) is 0 Å². The van der Waals surface area contributed by atoms with E-state index in [1.165, 1.54) is 6.33 Å². The third-order valence-corrected chi connectivity index (χ3v) is 3.46. The molecule has 1 saturated heterocycles. The van der Waals surface area contributed by atoms with E-state index < -0.39 is 0 Å². The van der Waals surface area contributed by atoms with Crippen LogP contribution in [0.1, 0.15) is 12.5 Å². The number of nitrogens with zero attached hydrogens (tertiary/aromatic N) is 3. The summed E-state index contributed by atoms with van der Waals surface area (Å²) in [4.78, 5) is 22.6. The molecule has 1 atom stereocenters. The first-order chi connectivity index (χ1) is 9.72. The molecule has 2 rings (SSSR count). The van der Waals surface area contributed by atoms with Gasteiger partial charge in [-0.1, -0.05) is 6.92 Å². The van der Waals surface area contributed by atoms with Crippen molar-refractivity contribution >= 4 is 17.5 Å². The van der Waals surface area contributed by atoms with Gasteiger partial charge < -0.3 is 20.3 Å². The number of hydrogen-bond acceptors (Lipinski definition) is 6. The molecule has 1 aromatic heterocycles. The van der Waals surface area contributed by atoms with Crippen LogP contribution in [0.25, 0.3) is 0 Å². The van der Waals surface area contributed by atoms with E-state index in [1.807, 2.05) is 11.9 Å². The topological polar surface area (TPSA) is 79.4 Å². The molecule has 1 unspecified atom stereocenters. The van der Waals surface area contributed by atoms with Crippen LogP contribution in [0.3, 0.4) is 0 Å². The van der Waals surface area contributed by atoms with Crippen molar-refractivity contribution in [1.82, 2.24) is 15.3 Å². The molecule has 1 aromatic rings. The lowest BCUT2D eigenvalue weighted by atomic mass is 10.1. The van der Waals surface area contributed by atoms with Crippen molar-refractivity contribution in [3.63, 3.8) is 0 Å². The van der Waals surface area contributed by atoms with E-state index in [4.69, 9.17) is 4.74 Å². The SMILES string of the molecule is CCc1c(NC)ncnc1N1CCOCC1C(=O)NC. The minimum absolute atomic E-state index is 0.0589. The zero-order chi connectivity index (χ0) is 14.5. The fourth-order valence-electron chi connectivity index (χ4n) is 2.43. The molecule has 1 aliphatic rings. The molecule has 1 amide bonds. The molecule has 0 aliphatic carbocycles. The average Bonchev–Trinajstić information content (AvgIpc) is 2.53. The van der Waals surface area contributed by atoms with Gasteiger partial charge in [-0.3, -0.25) is 4.79 Å². The van der Waals surface area contributed by atoms with Gasteiger partial charge in [-0.2, -0.15) is 0 Å². The van der Waals surface area contributed by atoms with E-state index in [1.54, 1.807) is 7.05 Å². The van der Waals surface area contributed by atoms with Gasteiger partial charge in [-0.05, 0) is 6.42 Å². The molecule has 2 N–H and O–H groups in total. The highest BCUT2D eigenvalue weighted by Crippen LogP contribution is 2.26. The number of hydrogen-bond donors (Lipinski definition) is 2. The molecule has 0 spiro atoms. The van der Waals surface area contributed by atoms with Gasteiger partial charge in [-0.15, -0.1) is 0 Å². The van der Waals surface area contributed by atoms with Crippen molar-refractivity contribution in [3.8, 4) is 0 Å². The highest BCUT2D eigenvalue weighted by atomic mass is 16.5. The summed E-state index contributed by atoms with van der Waals surface area (Å²) in [6.07, 6.45) is 2.32. The third kappa shape index (κ3) is 2.67.